The molecule has 0 saturated carbocycles. The molecule has 0 unspecified atom stereocenters. The van der Waals surface area contributed by atoms with Crippen LogP contribution in [0.4, 0.5) is 25.0 Å². The fraction of sp³-hybridized carbons (Fsp3) is 0.355. The topological polar surface area (TPSA) is 58.6 Å². The number of para-hydroxylation sites is 1. The Hall–Kier alpha value is -2.95. The lowest BCUT2D eigenvalue weighted by Gasteiger charge is -2.52. The predicted octanol–water partition coefficient (Wildman–Crippen LogP) is 3.47. The summed E-state index contributed by atoms with van der Waals surface area (Å²) >= 11 is 1.78. The van der Waals surface area contributed by atoms with E-state index in [-0.39, 0.29) is 47.0 Å². The Morgan fingerprint density at radius 2 is 1.68 bits per heavy atom. The van der Waals surface area contributed by atoms with Crippen LogP contribution in [-0.2, 0) is 16.1 Å². The van der Waals surface area contributed by atoms with E-state index >= 15 is 0 Å². The van der Waals surface area contributed by atoms with Crippen molar-refractivity contribution in [3.8, 4) is 0 Å². The summed E-state index contributed by atoms with van der Waals surface area (Å²) in [4.78, 5) is 27.2. The minimum atomic E-state index is -0.583. The number of ether oxygens (including phenoxy) is 1. The maximum Gasteiger partial charge on any atom is 0.415 e. The van der Waals surface area contributed by atoms with Gasteiger partial charge in [0.25, 0.3) is 0 Å². The molecule has 3 saturated heterocycles. The van der Waals surface area contributed by atoms with Crippen LogP contribution in [0.3, 0.4) is 0 Å². The molecule has 3 heterocycles. The Kier molecular flexibility index (Phi) is 10.4. The molecule has 6 nitrogen and oxygen atoms in total. The van der Waals surface area contributed by atoms with Crippen LogP contribution in [0.1, 0.15) is 25.3 Å². The fourth-order valence-electron chi connectivity index (χ4n) is 5.75. The second kappa shape index (κ2) is 13.8. The van der Waals surface area contributed by atoms with Gasteiger partial charge in [0.05, 0.1) is 31.9 Å². The standard InChI is InChI=1S/C31H33F2N3O3S.BrH/c1-22(37)34-26-10-12-27(13-11-26)40-19-18-36-16-14-24(15-17-36)30(21-36)39-31(38)35(29-5-3-2-4-28(29)33)20-23-6-8-25(32)9-7-23;/h2-13,24,30H,14-21H2,1H3;1H/t24?,30-,36?;/m0./s1. The monoisotopic (exact) mass is 645 g/mol. The molecule has 0 aliphatic carbocycles. The van der Waals surface area contributed by atoms with Crippen LogP contribution in [-0.4, -0.2) is 54.5 Å². The molecular weight excluding hydrogens is 612 g/mol. The Labute approximate surface area is 254 Å². The van der Waals surface area contributed by atoms with Crippen molar-refractivity contribution in [2.75, 3.05) is 42.1 Å². The molecule has 41 heavy (non-hydrogen) atoms. The van der Waals surface area contributed by atoms with Crippen LogP contribution in [0.2, 0.25) is 0 Å². The van der Waals surface area contributed by atoms with Crippen LogP contribution < -0.4 is 27.2 Å². The molecular formula is C31H34BrF2N3O3S. The van der Waals surface area contributed by atoms with Crippen molar-refractivity contribution in [3.63, 3.8) is 0 Å². The molecule has 0 spiro atoms. The first-order valence-electron chi connectivity index (χ1n) is 13.6. The van der Waals surface area contributed by atoms with Crippen LogP contribution >= 0.6 is 11.8 Å². The molecule has 2 bridgehead atoms. The van der Waals surface area contributed by atoms with Crippen molar-refractivity contribution in [2.24, 2.45) is 5.92 Å². The molecule has 0 radical (unpaired) electrons. The van der Waals surface area contributed by atoms with Gasteiger partial charge in [0.1, 0.15) is 18.2 Å². The maximum absolute atomic E-state index is 14.8. The zero-order valence-corrected chi connectivity index (χ0v) is 25.3. The number of hydrogen-bond acceptors (Lipinski definition) is 4. The highest BCUT2D eigenvalue weighted by atomic mass is 79.9. The van der Waals surface area contributed by atoms with Crippen molar-refractivity contribution in [1.29, 1.82) is 0 Å². The fourth-order valence-corrected chi connectivity index (χ4v) is 6.79. The van der Waals surface area contributed by atoms with E-state index in [0.717, 1.165) is 59.8 Å². The van der Waals surface area contributed by atoms with E-state index in [1.54, 1.807) is 42.1 Å². The lowest BCUT2D eigenvalue weighted by atomic mass is 9.83. The number of hydrogen-bond donors (Lipinski definition) is 1. The number of thioether (sulfide) groups is 1. The number of nitrogens with one attached hydrogen (secondary N) is 1. The summed E-state index contributed by atoms with van der Waals surface area (Å²) in [5.41, 5.74) is 1.61. The smallest absolute Gasteiger partial charge is 0.415 e. The van der Waals surface area contributed by atoms with Crippen LogP contribution in [0.15, 0.2) is 77.7 Å². The number of piperidine rings is 3. The molecule has 3 fully saturated rings. The normalized spacial score (nSPS) is 21.0. The quantitative estimate of drug-likeness (QED) is 0.286. The highest BCUT2D eigenvalue weighted by Crippen LogP contribution is 2.37. The first kappa shape index (κ1) is 31.0. The average molecular weight is 647 g/mol. The Bertz CT molecular complexity index is 1340. The molecule has 218 valence electrons. The highest BCUT2D eigenvalue weighted by molar-refractivity contribution is 7.99. The van der Waals surface area contributed by atoms with Crippen LogP contribution in [0.5, 0.6) is 0 Å². The van der Waals surface area contributed by atoms with Crippen molar-refractivity contribution in [1.82, 2.24) is 0 Å². The lowest BCUT2D eigenvalue weighted by molar-refractivity contribution is -0.943. The molecule has 3 aromatic rings. The second-order valence-corrected chi connectivity index (χ2v) is 11.8. The molecule has 3 aliphatic heterocycles. The van der Waals surface area contributed by atoms with Crippen LogP contribution in [0.25, 0.3) is 0 Å². The molecule has 2 amide bonds. The van der Waals surface area contributed by atoms with E-state index < -0.39 is 11.9 Å². The summed E-state index contributed by atoms with van der Waals surface area (Å²) < 4.78 is 35.3. The molecule has 1 N–H and O–H groups in total. The lowest BCUT2D eigenvalue weighted by Crippen LogP contribution is -3.00. The first-order valence-corrected chi connectivity index (χ1v) is 14.6. The number of carbonyl (C=O) groups is 2. The molecule has 3 aliphatic rings. The van der Waals surface area contributed by atoms with Crippen molar-refractivity contribution >= 4 is 35.1 Å². The number of rotatable bonds is 9. The number of anilines is 2. The van der Waals surface area contributed by atoms with E-state index in [2.05, 4.69) is 5.32 Å². The second-order valence-electron chi connectivity index (χ2n) is 10.7. The van der Waals surface area contributed by atoms with Gasteiger partial charge in [-0.1, -0.05) is 24.3 Å². The summed E-state index contributed by atoms with van der Waals surface area (Å²) in [5, 5.41) is 2.79. The van der Waals surface area contributed by atoms with E-state index in [1.165, 1.54) is 30.0 Å². The van der Waals surface area contributed by atoms with Crippen molar-refractivity contribution in [3.05, 3.63) is 90.0 Å². The van der Waals surface area contributed by atoms with E-state index in [4.69, 9.17) is 4.74 Å². The molecule has 6 rings (SSSR count). The third-order valence-electron chi connectivity index (χ3n) is 7.92. The zero-order chi connectivity index (χ0) is 28.1. The number of nitrogens with zero attached hydrogens (tertiary/aromatic N) is 2. The van der Waals surface area contributed by atoms with Crippen LogP contribution in [0, 0.1) is 17.6 Å². The Morgan fingerprint density at radius 3 is 2.34 bits per heavy atom. The van der Waals surface area contributed by atoms with Gasteiger partial charge in [-0.25, -0.2) is 13.6 Å². The van der Waals surface area contributed by atoms with Gasteiger partial charge >= 0.3 is 6.09 Å². The third kappa shape index (κ3) is 7.87. The summed E-state index contributed by atoms with van der Waals surface area (Å²) in [7, 11) is 0. The summed E-state index contributed by atoms with van der Waals surface area (Å²) in [5.74, 6) is 0.251. The van der Waals surface area contributed by atoms with E-state index in [9.17, 15) is 18.4 Å². The van der Waals surface area contributed by atoms with Crippen molar-refractivity contribution < 1.29 is 44.6 Å². The van der Waals surface area contributed by atoms with Gasteiger partial charge in [-0.3, -0.25) is 9.69 Å². The Balaban J connectivity index is 0.00000387. The van der Waals surface area contributed by atoms with Gasteiger partial charge in [-0.15, -0.1) is 11.8 Å². The SMILES string of the molecule is CC(=O)Nc1ccc(SCC[N+]23CCC(CC2)[C@@H](OC(=O)N(Cc2ccc(F)cc2)c2ccccc2F)C3)cc1.[Br-]. The van der Waals surface area contributed by atoms with E-state index in [0.29, 0.717) is 11.5 Å². The molecule has 0 aromatic heterocycles. The maximum atomic E-state index is 14.8. The number of fused-ring (bicyclic) bond motifs is 3. The van der Waals surface area contributed by atoms with E-state index in [1.807, 2.05) is 24.3 Å². The highest BCUT2D eigenvalue weighted by Gasteiger charge is 2.47. The number of carbonyl (C=O) groups excluding carboxylic acids is 2. The largest absolute Gasteiger partial charge is 1.00 e. The minimum Gasteiger partial charge on any atom is -1.00 e. The number of benzene rings is 3. The first-order chi connectivity index (χ1) is 19.3. The summed E-state index contributed by atoms with van der Waals surface area (Å²) in [6.45, 7) is 5.41. The van der Waals surface area contributed by atoms with Gasteiger partial charge in [-0.05, 0) is 54.1 Å². The Morgan fingerprint density at radius 1 is 1.00 bits per heavy atom. The number of amides is 2. The minimum absolute atomic E-state index is 0. The molecule has 3 aromatic carbocycles. The van der Waals surface area contributed by atoms with Gasteiger partial charge < -0.3 is 31.5 Å². The van der Waals surface area contributed by atoms with Gasteiger partial charge in [-0.2, -0.15) is 0 Å². The van der Waals surface area contributed by atoms with Crippen molar-refractivity contribution in [2.45, 2.75) is 37.3 Å². The third-order valence-corrected chi connectivity index (χ3v) is 8.91. The molecule has 10 heteroatoms. The summed E-state index contributed by atoms with van der Waals surface area (Å²) in [6, 6.07) is 19.8. The predicted molar refractivity (Wildman–Crippen MR) is 153 cm³/mol. The molecule has 1 atom stereocenters. The summed E-state index contributed by atoms with van der Waals surface area (Å²) in [6.07, 6.45) is 1.16. The van der Waals surface area contributed by atoms with Gasteiger partial charge in [0, 0.05) is 42.0 Å². The zero-order valence-electron chi connectivity index (χ0n) is 22.9. The van der Waals surface area contributed by atoms with Gasteiger partial charge in [0.15, 0.2) is 6.10 Å². The number of halogens is 3. The number of quaternary nitrogens is 1. The van der Waals surface area contributed by atoms with Gasteiger partial charge in [0.2, 0.25) is 5.91 Å². The average Bonchev–Trinajstić information content (AvgIpc) is 2.94.